The van der Waals surface area contributed by atoms with E-state index in [0.717, 1.165) is 48.3 Å². The zero-order valence-electron chi connectivity index (χ0n) is 16.2. The Bertz CT molecular complexity index is 945. The van der Waals surface area contributed by atoms with E-state index in [-0.39, 0.29) is 11.8 Å². The van der Waals surface area contributed by atoms with Crippen LogP contribution in [0.5, 0.6) is 0 Å². The van der Waals surface area contributed by atoms with Gasteiger partial charge in [-0.3, -0.25) is 14.9 Å². The molecule has 1 aliphatic carbocycles. The molecule has 1 saturated carbocycles. The molecule has 7 nitrogen and oxygen atoms in total. The maximum atomic E-state index is 12.7. The fraction of sp³-hybridized carbons (Fsp3) is 0.600. The number of imide groups is 1. The SMILES string of the molecule is CC[C@H](C)CNc1nc(N2CC34CCCC3(C2)C(=O)NC4=O)nc2ccsc12. The Kier molecular flexibility index (Phi) is 3.91. The summed E-state index contributed by atoms with van der Waals surface area (Å²) in [5.41, 5.74) is -0.308. The molecule has 2 aromatic heterocycles. The van der Waals surface area contributed by atoms with Crippen molar-refractivity contribution in [3.8, 4) is 0 Å². The monoisotopic (exact) mass is 399 g/mol. The highest BCUT2D eigenvalue weighted by Gasteiger charge is 2.72. The van der Waals surface area contributed by atoms with Gasteiger partial charge in [0.2, 0.25) is 17.8 Å². The van der Waals surface area contributed by atoms with Crippen molar-refractivity contribution >= 4 is 45.1 Å². The Morgan fingerprint density at radius 1 is 1.25 bits per heavy atom. The van der Waals surface area contributed by atoms with Crippen molar-refractivity contribution < 1.29 is 9.59 Å². The molecule has 5 rings (SSSR count). The van der Waals surface area contributed by atoms with Crippen molar-refractivity contribution in [1.29, 1.82) is 0 Å². The van der Waals surface area contributed by atoms with Crippen molar-refractivity contribution in [2.75, 3.05) is 29.9 Å². The highest BCUT2D eigenvalue weighted by atomic mass is 32.1. The Hall–Kier alpha value is -2.22. The van der Waals surface area contributed by atoms with Gasteiger partial charge in [0.05, 0.1) is 21.0 Å². The smallest absolute Gasteiger partial charge is 0.235 e. The van der Waals surface area contributed by atoms with Gasteiger partial charge in [-0.05, 0) is 30.2 Å². The van der Waals surface area contributed by atoms with Crippen molar-refractivity contribution in [2.45, 2.75) is 39.5 Å². The minimum atomic E-state index is -0.610. The topological polar surface area (TPSA) is 87.2 Å². The van der Waals surface area contributed by atoms with Crippen LogP contribution in [0.1, 0.15) is 39.5 Å². The predicted octanol–water partition coefficient (Wildman–Crippen LogP) is 2.78. The summed E-state index contributed by atoms with van der Waals surface area (Å²) in [6.45, 7) is 6.29. The molecule has 2 aromatic rings. The lowest BCUT2D eigenvalue weighted by Gasteiger charge is -2.25. The van der Waals surface area contributed by atoms with Gasteiger partial charge in [0.1, 0.15) is 5.82 Å². The number of nitrogens with zero attached hydrogens (tertiary/aromatic N) is 3. The predicted molar refractivity (Wildman–Crippen MR) is 109 cm³/mol. The molecule has 2 saturated heterocycles. The van der Waals surface area contributed by atoms with Crippen LogP contribution in [0.3, 0.4) is 0 Å². The van der Waals surface area contributed by atoms with E-state index in [1.165, 1.54) is 0 Å². The zero-order valence-corrected chi connectivity index (χ0v) is 17.1. The van der Waals surface area contributed by atoms with Crippen molar-refractivity contribution in [3.63, 3.8) is 0 Å². The summed E-state index contributed by atoms with van der Waals surface area (Å²) in [5.74, 6) is 1.81. The Morgan fingerprint density at radius 2 is 1.96 bits per heavy atom. The molecule has 28 heavy (non-hydrogen) atoms. The number of fused-ring (bicyclic) bond motifs is 1. The van der Waals surface area contributed by atoms with Gasteiger partial charge in [-0.15, -0.1) is 11.3 Å². The van der Waals surface area contributed by atoms with Gasteiger partial charge < -0.3 is 10.2 Å². The normalized spacial score (nSPS) is 29.9. The number of aromatic nitrogens is 2. The molecular formula is C20H25N5O2S. The number of rotatable bonds is 5. The molecule has 2 aliphatic heterocycles. The number of carbonyl (C=O) groups excluding carboxylic acids is 2. The van der Waals surface area contributed by atoms with Crippen LogP contribution in [0, 0.1) is 16.7 Å². The largest absolute Gasteiger partial charge is 0.368 e. The van der Waals surface area contributed by atoms with Gasteiger partial charge in [-0.2, -0.15) is 4.98 Å². The van der Waals surface area contributed by atoms with E-state index in [4.69, 9.17) is 9.97 Å². The van der Waals surface area contributed by atoms with Crippen LogP contribution in [0.15, 0.2) is 11.4 Å². The van der Waals surface area contributed by atoms with Gasteiger partial charge in [-0.25, -0.2) is 4.98 Å². The van der Waals surface area contributed by atoms with Crippen LogP contribution in [0.2, 0.25) is 0 Å². The second kappa shape index (κ2) is 6.14. The number of hydrogen-bond donors (Lipinski definition) is 2. The van der Waals surface area contributed by atoms with Crippen molar-refractivity contribution in [2.24, 2.45) is 16.7 Å². The third kappa shape index (κ3) is 2.27. The van der Waals surface area contributed by atoms with Crippen molar-refractivity contribution in [3.05, 3.63) is 11.4 Å². The maximum absolute atomic E-state index is 12.7. The van der Waals surface area contributed by atoms with Crippen LogP contribution >= 0.6 is 11.3 Å². The number of amides is 2. The third-order valence-corrected chi connectivity index (χ3v) is 7.94. The van der Waals surface area contributed by atoms with E-state index < -0.39 is 10.8 Å². The molecule has 0 radical (unpaired) electrons. The average molecular weight is 400 g/mol. The van der Waals surface area contributed by atoms with E-state index in [2.05, 4.69) is 29.4 Å². The minimum Gasteiger partial charge on any atom is -0.368 e. The van der Waals surface area contributed by atoms with E-state index in [9.17, 15) is 9.59 Å². The first-order valence-corrected chi connectivity index (χ1v) is 11.0. The quantitative estimate of drug-likeness (QED) is 0.752. The summed E-state index contributed by atoms with van der Waals surface area (Å²) in [6.07, 6.45) is 3.56. The maximum Gasteiger partial charge on any atom is 0.235 e. The molecule has 8 heteroatoms. The Balaban J connectivity index is 1.51. The minimum absolute atomic E-state index is 0.107. The van der Waals surface area contributed by atoms with E-state index in [1.807, 2.05) is 11.4 Å². The summed E-state index contributed by atoms with van der Waals surface area (Å²) in [4.78, 5) is 37.0. The lowest BCUT2D eigenvalue weighted by atomic mass is 9.70. The van der Waals surface area contributed by atoms with E-state index in [1.54, 1.807) is 11.3 Å². The summed E-state index contributed by atoms with van der Waals surface area (Å²) in [7, 11) is 0. The van der Waals surface area contributed by atoms with Crippen LogP contribution in [0.25, 0.3) is 10.2 Å². The summed E-state index contributed by atoms with van der Waals surface area (Å²) < 4.78 is 1.05. The molecule has 2 unspecified atom stereocenters. The molecule has 0 aromatic carbocycles. The first-order chi connectivity index (χ1) is 13.5. The average Bonchev–Trinajstić information content (AvgIpc) is 3.39. The lowest BCUT2D eigenvalue weighted by molar-refractivity contribution is -0.128. The molecule has 2 amide bonds. The fourth-order valence-electron chi connectivity index (χ4n) is 5.16. The first kappa shape index (κ1) is 17.8. The van der Waals surface area contributed by atoms with Gasteiger partial charge in [0.25, 0.3) is 0 Å². The molecule has 3 fully saturated rings. The number of nitrogens with one attached hydrogen (secondary N) is 2. The molecule has 3 aliphatic rings. The fourth-order valence-corrected chi connectivity index (χ4v) is 5.95. The number of carbonyl (C=O) groups is 2. The lowest BCUT2D eigenvalue weighted by Crippen LogP contribution is -2.38. The van der Waals surface area contributed by atoms with E-state index >= 15 is 0 Å². The molecule has 148 valence electrons. The van der Waals surface area contributed by atoms with Gasteiger partial charge in [0.15, 0.2) is 0 Å². The van der Waals surface area contributed by atoms with Crippen LogP contribution in [-0.2, 0) is 9.59 Å². The highest BCUT2D eigenvalue weighted by molar-refractivity contribution is 7.17. The number of thiophene rings is 1. The molecule has 2 N–H and O–H groups in total. The first-order valence-electron chi connectivity index (χ1n) is 10.1. The second-order valence-corrected chi connectivity index (χ2v) is 9.47. The number of hydrogen-bond acceptors (Lipinski definition) is 7. The van der Waals surface area contributed by atoms with Gasteiger partial charge >= 0.3 is 0 Å². The molecule has 0 spiro atoms. The molecular weight excluding hydrogens is 374 g/mol. The summed E-state index contributed by atoms with van der Waals surface area (Å²) >= 11 is 1.63. The summed E-state index contributed by atoms with van der Waals surface area (Å²) in [5, 5.41) is 8.11. The Morgan fingerprint density at radius 3 is 2.64 bits per heavy atom. The van der Waals surface area contributed by atoms with Gasteiger partial charge in [0, 0.05) is 19.6 Å². The van der Waals surface area contributed by atoms with Crippen LogP contribution in [0.4, 0.5) is 11.8 Å². The van der Waals surface area contributed by atoms with E-state index in [0.29, 0.717) is 25.0 Å². The zero-order chi connectivity index (χ0) is 19.5. The van der Waals surface area contributed by atoms with Gasteiger partial charge in [-0.1, -0.05) is 26.7 Å². The molecule has 0 bridgehead atoms. The van der Waals surface area contributed by atoms with Crippen molar-refractivity contribution in [1.82, 2.24) is 15.3 Å². The second-order valence-electron chi connectivity index (χ2n) is 8.56. The Labute approximate surface area is 167 Å². The van der Waals surface area contributed by atoms with Crippen LogP contribution in [-0.4, -0.2) is 41.4 Å². The number of anilines is 2. The third-order valence-electron chi connectivity index (χ3n) is 7.03. The highest BCUT2D eigenvalue weighted by Crippen LogP contribution is 2.61. The van der Waals surface area contributed by atoms with Crippen LogP contribution < -0.4 is 15.5 Å². The summed E-state index contributed by atoms with van der Waals surface area (Å²) in [6, 6.07) is 2.01. The molecule has 3 atom stereocenters. The molecule has 4 heterocycles. The standard InChI is InChI=1S/C20H25N5O2S/c1-3-12(2)9-21-15-14-13(5-8-28-14)22-18(23-15)25-10-19-6-4-7-20(19,11-25)17(27)24-16(19)26/h5,8,12H,3-4,6-7,9-11H2,1-2H3,(H,21,22,23)(H,24,26,27)/t12-,19?,20?/m0/s1.